The van der Waals surface area contributed by atoms with Crippen molar-refractivity contribution in [3.8, 4) is 11.3 Å². The van der Waals surface area contributed by atoms with Crippen LogP contribution in [0.5, 0.6) is 0 Å². The highest BCUT2D eigenvalue weighted by molar-refractivity contribution is 6.30. The molecule has 6 heteroatoms. The van der Waals surface area contributed by atoms with E-state index in [-0.39, 0.29) is 17.6 Å². The number of aryl methyl sites for hydroxylation is 1. The number of carbonyl (C=O) groups is 1. The van der Waals surface area contributed by atoms with Crippen LogP contribution in [0, 0.1) is 0 Å². The van der Waals surface area contributed by atoms with E-state index in [2.05, 4.69) is 46.6 Å². The fourth-order valence-corrected chi connectivity index (χ4v) is 4.02. The van der Waals surface area contributed by atoms with Gasteiger partial charge in [0.2, 0.25) is 0 Å². The Balaban J connectivity index is 1.45. The number of benzene rings is 2. The first-order valence-electron chi connectivity index (χ1n) is 10.5. The molecule has 1 aromatic heterocycles. The van der Waals surface area contributed by atoms with Crippen LogP contribution in [0.25, 0.3) is 11.3 Å². The first kappa shape index (κ1) is 20.6. The Kier molecular flexibility index (Phi) is 6.50. The van der Waals surface area contributed by atoms with Gasteiger partial charge in [-0.2, -0.15) is 0 Å². The second-order valence-corrected chi connectivity index (χ2v) is 8.08. The van der Waals surface area contributed by atoms with E-state index < -0.39 is 0 Å². The number of halogens is 1. The zero-order valence-electron chi connectivity index (χ0n) is 17.1. The molecule has 30 heavy (non-hydrogen) atoms. The largest absolute Gasteiger partial charge is 0.355 e. The van der Waals surface area contributed by atoms with Crippen LogP contribution >= 0.6 is 11.6 Å². The predicted molar refractivity (Wildman–Crippen MR) is 119 cm³/mol. The molecule has 1 N–H and O–H groups in total. The summed E-state index contributed by atoms with van der Waals surface area (Å²) in [6, 6.07) is 17.8. The van der Waals surface area contributed by atoms with Gasteiger partial charge in [-0.3, -0.25) is 9.69 Å². The summed E-state index contributed by atoms with van der Waals surface area (Å²) in [6.07, 6.45) is 3.42. The van der Waals surface area contributed by atoms with Crippen molar-refractivity contribution in [1.29, 1.82) is 0 Å². The van der Waals surface area contributed by atoms with Crippen molar-refractivity contribution in [2.45, 2.75) is 32.2 Å². The molecule has 0 aliphatic carbocycles. The van der Waals surface area contributed by atoms with Gasteiger partial charge in [0.25, 0.3) is 5.91 Å². The van der Waals surface area contributed by atoms with Gasteiger partial charge < -0.3 is 9.84 Å². The number of likely N-dealkylation sites (tertiary alicyclic amines) is 1. The van der Waals surface area contributed by atoms with E-state index in [1.807, 2.05) is 12.1 Å². The minimum absolute atomic E-state index is 0.157. The molecule has 0 unspecified atom stereocenters. The average molecular weight is 424 g/mol. The van der Waals surface area contributed by atoms with Crippen LogP contribution in [0.1, 0.15) is 47.4 Å². The third-order valence-electron chi connectivity index (χ3n) is 5.68. The first-order valence-corrected chi connectivity index (χ1v) is 10.9. The van der Waals surface area contributed by atoms with Crippen LogP contribution < -0.4 is 5.32 Å². The minimum atomic E-state index is -0.228. The fourth-order valence-electron chi connectivity index (χ4n) is 3.90. The van der Waals surface area contributed by atoms with Crippen molar-refractivity contribution in [2.24, 2.45) is 0 Å². The van der Waals surface area contributed by atoms with Crippen molar-refractivity contribution in [2.75, 3.05) is 19.6 Å². The number of carbonyl (C=O) groups excluding carboxylic acids is 1. The molecule has 0 bridgehead atoms. The fraction of sp³-hybridized carbons (Fsp3) is 0.333. The molecular weight excluding hydrogens is 398 g/mol. The third kappa shape index (κ3) is 4.74. The van der Waals surface area contributed by atoms with Gasteiger partial charge in [0, 0.05) is 23.2 Å². The maximum atomic E-state index is 12.7. The summed E-state index contributed by atoms with van der Waals surface area (Å²) < 4.78 is 5.36. The van der Waals surface area contributed by atoms with Gasteiger partial charge in [-0.25, -0.2) is 0 Å². The quantitative estimate of drug-likeness (QED) is 0.572. The second kappa shape index (κ2) is 9.45. The molecule has 0 radical (unpaired) electrons. The molecule has 2 heterocycles. The maximum absolute atomic E-state index is 12.7. The molecule has 5 nitrogen and oxygen atoms in total. The van der Waals surface area contributed by atoms with Gasteiger partial charge in [-0.1, -0.05) is 47.9 Å². The molecule has 2 aromatic carbocycles. The summed E-state index contributed by atoms with van der Waals surface area (Å²) in [7, 11) is 0. The zero-order chi connectivity index (χ0) is 20.9. The molecule has 0 saturated carbocycles. The lowest BCUT2D eigenvalue weighted by atomic mass is 10.0. The molecule has 156 valence electrons. The lowest BCUT2D eigenvalue weighted by Crippen LogP contribution is -2.36. The number of hydrogen-bond acceptors (Lipinski definition) is 4. The molecule has 1 saturated heterocycles. The molecule has 1 aliphatic heterocycles. The van der Waals surface area contributed by atoms with Crippen molar-refractivity contribution in [3.05, 3.63) is 76.4 Å². The Morgan fingerprint density at radius 3 is 2.50 bits per heavy atom. The Hall–Kier alpha value is -2.63. The maximum Gasteiger partial charge on any atom is 0.273 e. The van der Waals surface area contributed by atoms with Crippen molar-refractivity contribution >= 4 is 17.5 Å². The monoisotopic (exact) mass is 423 g/mol. The highest BCUT2D eigenvalue weighted by Gasteiger charge is 2.24. The van der Waals surface area contributed by atoms with Crippen molar-refractivity contribution in [1.82, 2.24) is 15.4 Å². The summed E-state index contributed by atoms with van der Waals surface area (Å²) in [5.41, 5.74) is 3.66. The van der Waals surface area contributed by atoms with Crippen LogP contribution in [0.3, 0.4) is 0 Å². The van der Waals surface area contributed by atoms with E-state index >= 15 is 0 Å². The Morgan fingerprint density at radius 2 is 1.83 bits per heavy atom. The van der Waals surface area contributed by atoms with E-state index in [1.165, 1.54) is 24.0 Å². The van der Waals surface area contributed by atoms with Crippen LogP contribution in [0.4, 0.5) is 0 Å². The third-order valence-corrected chi connectivity index (χ3v) is 5.93. The molecule has 1 amide bonds. The number of nitrogens with one attached hydrogen (secondary N) is 1. The smallest absolute Gasteiger partial charge is 0.273 e. The summed E-state index contributed by atoms with van der Waals surface area (Å²) in [5, 5.41) is 7.65. The average Bonchev–Trinajstić information content (AvgIpc) is 3.47. The van der Waals surface area contributed by atoms with Crippen LogP contribution in [-0.2, 0) is 6.42 Å². The van der Waals surface area contributed by atoms with Crippen molar-refractivity contribution < 1.29 is 9.32 Å². The highest BCUT2D eigenvalue weighted by atomic mass is 35.5. The Morgan fingerprint density at radius 1 is 1.13 bits per heavy atom. The Bertz CT molecular complexity index is 976. The van der Waals surface area contributed by atoms with Gasteiger partial charge >= 0.3 is 0 Å². The molecule has 0 spiro atoms. The van der Waals surface area contributed by atoms with Gasteiger partial charge in [-0.05, 0) is 67.7 Å². The number of amides is 1. The molecule has 3 aromatic rings. The minimum Gasteiger partial charge on any atom is -0.355 e. The summed E-state index contributed by atoms with van der Waals surface area (Å²) in [6.45, 7) is 4.80. The number of aromatic nitrogens is 1. The zero-order valence-corrected chi connectivity index (χ0v) is 17.9. The summed E-state index contributed by atoms with van der Waals surface area (Å²) in [5.74, 6) is 0.316. The molecular formula is C24H26ClN3O2. The Labute approximate surface area is 182 Å². The molecule has 1 aliphatic rings. The van der Waals surface area contributed by atoms with E-state index in [4.69, 9.17) is 16.1 Å². The molecule has 1 atom stereocenters. The highest BCUT2D eigenvalue weighted by Crippen LogP contribution is 2.26. The van der Waals surface area contributed by atoms with Crippen LogP contribution in [0.15, 0.2) is 59.1 Å². The lowest BCUT2D eigenvalue weighted by Gasteiger charge is -2.28. The van der Waals surface area contributed by atoms with E-state index in [0.717, 1.165) is 25.1 Å². The molecule has 1 fully saturated rings. The summed E-state index contributed by atoms with van der Waals surface area (Å²) in [4.78, 5) is 15.2. The van der Waals surface area contributed by atoms with Gasteiger partial charge in [-0.15, -0.1) is 0 Å². The lowest BCUT2D eigenvalue weighted by molar-refractivity contribution is 0.0929. The van der Waals surface area contributed by atoms with Gasteiger partial charge in [0.1, 0.15) is 0 Å². The van der Waals surface area contributed by atoms with Crippen LogP contribution in [-0.4, -0.2) is 35.6 Å². The molecule has 4 rings (SSSR count). The summed E-state index contributed by atoms with van der Waals surface area (Å²) >= 11 is 5.93. The van der Waals surface area contributed by atoms with Gasteiger partial charge in [0.05, 0.1) is 6.04 Å². The van der Waals surface area contributed by atoms with Crippen LogP contribution in [0.2, 0.25) is 5.02 Å². The number of nitrogens with zero attached hydrogens (tertiary/aromatic N) is 2. The van der Waals surface area contributed by atoms with Gasteiger partial charge in [0.15, 0.2) is 11.5 Å². The first-order chi connectivity index (χ1) is 14.6. The number of hydrogen-bond donors (Lipinski definition) is 1. The topological polar surface area (TPSA) is 58.4 Å². The SMILES string of the molecule is CCc1ccc([C@@H](CNC(=O)c2cc(-c3ccc(Cl)cc3)on2)N2CCCC2)cc1. The standard InChI is InChI=1S/C24H26ClN3O2/c1-2-17-5-7-18(8-6-17)22(28-13-3-4-14-28)16-26-24(29)21-15-23(30-27-21)19-9-11-20(25)12-10-19/h5-12,15,22H,2-4,13-14,16H2,1H3,(H,26,29)/t22-/m1/s1. The van der Waals surface area contributed by atoms with Crippen molar-refractivity contribution in [3.63, 3.8) is 0 Å². The second-order valence-electron chi connectivity index (χ2n) is 7.65. The number of rotatable bonds is 7. The predicted octanol–water partition coefficient (Wildman–Crippen LogP) is 5.12. The van der Waals surface area contributed by atoms with E-state index in [0.29, 0.717) is 17.3 Å². The normalized spacial score (nSPS) is 15.3. The van der Waals surface area contributed by atoms with E-state index in [9.17, 15) is 4.79 Å². The van der Waals surface area contributed by atoms with E-state index in [1.54, 1.807) is 18.2 Å².